The Morgan fingerprint density at radius 2 is 1.83 bits per heavy atom. The molecular weight excluding hydrogens is 390 g/mol. The van der Waals surface area contributed by atoms with Crippen molar-refractivity contribution in [2.45, 2.75) is 20.5 Å². The van der Waals surface area contributed by atoms with Crippen LogP contribution in [-0.4, -0.2) is 34.6 Å². The number of amides is 1. The van der Waals surface area contributed by atoms with E-state index in [9.17, 15) is 14.4 Å². The van der Waals surface area contributed by atoms with Crippen LogP contribution in [0.4, 0.5) is 5.69 Å². The first-order chi connectivity index (χ1) is 14.3. The van der Waals surface area contributed by atoms with Crippen molar-refractivity contribution < 1.29 is 28.3 Å². The molecular formula is C21H21N3O6. The van der Waals surface area contributed by atoms with Crippen LogP contribution in [0.25, 0.3) is 0 Å². The third-order valence-electron chi connectivity index (χ3n) is 4.48. The van der Waals surface area contributed by atoms with Gasteiger partial charge in [0.1, 0.15) is 18.1 Å². The van der Waals surface area contributed by atoms with Crippen molar-refractivity contribution in [3.63, 3.8) is 0 Å². The number of benzene rings is 1. The lowest BCUT2D eigenvalue weighted by Crippen LogP contribution is -2.14. The molecule has 0 aliphatic rings. The lowest BCUT2D eigenvalue weighted by molar-refractivity contribution is 0.0594. The fourth-order valence-corrected chi connectivity index (χ4v) is 2.69. The van der Waals surface area contributed by atoms with Gasteiger partial charge in [-0.3, -0.25) is 14.3 Å². The minimum absolute atomic E-state index is 0.00923. The molecule has 9 heteroatoms. The van der Waals surface area contributed by atoms with Crippen LogP contribution in [0.3, 0.4) is 0 Å². The van der Waals surface area contributed by atoms with Crippen molar-refractivity contribution in [3.05, 3.63) is 64.9 Å². The number of Topliss-reactive ketones (excluding diaryl/α,β-unsaturated/α-hetero) is 1. The second-order valence-electron chi connectivity index (χ2n) is 6.51. The van der Waals surface area contributed by atoms with Gasteiger partial charge < -0.3 is 19.2 Å². The molecule has 0 bridgehead atoms. The molecule has 156 valence electrons. The highest BCUT2D eigenvalue weighted by Crippen LogP contribution is 2.22. The van der Waals surface area contributed by atoms with E-state index in [-0.39, 0.29) is 29.5 Å². The van der Waals surface area contributed by atoms with Gasteiger partial charge in [0.05, 0.1) is 18.5 Å². The van der Waals surface area contributed by atoms with E-state index in [1.807, 2.05) is 0 Å². The van der Waals surface area contributed by atoms with E-state index in [1.165, 1.54) is 24.8 Å². The summed E-state index contributed by atoms with van der Waals surface area (Å²) in [7, 11) is 2.90. The molecule has 0 saturated heterocycles. The first-order valence-corrected chi connectivity index (χ1v) is 9.06. The number of ether oxygens (including phenoxy) is 2. The van der Waals surface area contributed by atoms with Gasteiger partial charge in [-0.25, -0.2) is 4.79 Å². The Labute approximate surface area is 172 Å². The zero-order valence-electron chi connectivity index (χ0n) is 17.0. The number of rotatable bonds is 7. The number of methoxy groups -OCH3 is 1. The number of aromatic nitrogens is 2. The van der Waals surface area contributed by atoms with Crippen LogP contribution in [0.2, 0.25) is 0 Å². The SMILES string of the molecule is COC(=O)c1nn(C)c(C)c1NC(=O)c1ccc(COc2ccc(C(C)=O)cc2)o1. The third kappa shape index (κ3) is 4.40. The molecule has 0 spiro atoms. The fourth-order valence-electron chi connectivity index (χ4n) is 2.69. The Kier molecular flexibility index (Phi) is 6.01. The molecule has 1 amide bonds. The quantitative estimate of drug-likeness (QED) is 0.469. The topological polar surface area (TPSA) is 113 Å². The van der Waals surface area contributed by atoms with Gasteiger partial charge in [0.25, 0.3) is 5.91 Å². The predicted molar refractivity (Wildman–Crippen MR) is 107 cm³/mol. The van der Waals surface area contributed by atoms with Gasteiger partial charge in [0, 0.05) is 12.6 Å². The lowest BCUT2D eigenvalue weighted by atomic mass is 10.1. The highest BCUT2D eigenvalue weighted by atomic mass is 16.5. The van der Waals surface area contributed by atoms with E-state index in [0.717, 1.165) is 0 Å². The second kappa shape index (κ2) is 8.64. The molecule has 0 atom stereocenters. The van der Waals surface area contributed by atoms with Crippen LogP contribution >= 0.6 is 0 Å². The molecule has 2 heterocycles. The maximum absolute atomic E-state index is 12.6. The summed E-state index contributed by atoms with van der Waals surface area (Å²) >= 11 is 0. The van der Waals surface area contributed by atoms with Crippen molar-refractivity contribution >= 4 is 23.3 Å². The summed E-state index contributed by atoms with van der Waals surface area (Å²) in [5.41, 5.74) is 1.45. The van der Waals surface area contributed by atoms with Crippen molar-refractivity contribution in [2.75, 3.05) is 12.4 Å². The molecule has 9 nitrogen and oxygen atoms in total. The number of carbonyl (C=O) groups is 3. The van der Waals surface area contributed by atoms with Crippen LogP contribution in [0, 0.1) is 6.92 Å². The van der Waals surface area contributed by atoms with Crippen LogP contribution in [0.15, 0.2) is 40.8 Å². The summed E-state index contributed by atoms with van der Waals surface area (Å²) in [5, 5.41) is 6.71. The molecule has 1 aromatic carbocycles. The number of carbonyl (C=O) groups excluding carboxylic acids is 3. The summed E-state index contributed by atoms with van der Waals surface area (Å²) < 4.78 is 17.3. The van der Waals surface area contributed by atoms with E-state index in [4.69, 9.17) is 13.9 Å². The third-order valence-corrected chi connectivity index (χ3v) is 4.48. The Bertz CT molecular complexity index is 1090. The van der Waals surface area contributed by atoms with Gasteiger partial charge in [-0.15, -0.1) is 0 Å². The summed E-state index contributed by atoms with van der Waals surface area (Å²) in [4.78, 5) is 35.8. The Hall–Kier alpha value is -3.88. The zero-order chi connectivity index (χ0) is 21.8. The van der Waals surface area contributed by atoms with E-state index in [1.54, 1.807) is 44.3 Å². The number of anilines is 1. The van der Waals surface area contributed by atoms with Gasteiger partial charge in [-0.1, -0.05) is 0 Å². The summed E-state index contributed by atoms with van der Waals surface area (Å²) in [6.45, 7) is 3.31. The smallest absolute Gasteiger partial charge is 0.360 e. The van der Waals surface area contributed by atoms with E-state index < -0.39 is 11.9 Å². The largest absolute Gasteiger partial charge is 0.486 e. The van der Waals surface area contributed by atoms with E-state index >= 15 is 0 Å². The number of furan rings is 1. The number of aryl methyl sites for hydroxylation is 1. The first-order valence-electron chi connectivity index (χ1n) is 9.06. The Morgan fingerprint density at radius 1 is 1.13 bits per heavy atom. The summed E-state index contributed by atoms with van der Waals surface area (Å²) in [6.07, 6.45) is 0. The van der Waals surface area contributed by atoms with Crippen LogP contribution in [0.5, 0.6) is 5.75 Å². The lowest BCUT2D eigenvalue weighted by Gasteiger charge is -2.06. The fraction of sp³-hybridized carbons (Fsp3) is 0.238. The van der Waals surface area contributed by atoms with Gasteiger partial charge in [-0.2, -0.15) is 5.10 Å². The molecule has 0 radical (unpaired) electrons. The molecule has 3 rings (SSSR count). The number of hydrogen-bond donors (Lipinski definition) is 1. The number of hydrogen-bond acceptors (Lipinski definition) is 7. The monoisotopic (exact) mass is 411 g/mol. The van der Waals surface area contributed by atoms with Crippen molar-refractivity contribution in [2.24, 2.45) is 7.05 Å². The molecule has 2 aromatic heterocycles. The minimum atomic E-state index is -0.654. The highest BCUT2D eigenvalue weighted by molar-refractivity contribution is 6.06. The second-order valence-corrected chi connectivity index (χ2v) is 6.51. The van der Waals surface area contributed by atoms with Crippen LogP contribution in [-0.2, 0) is 18.4 Å². The molecule has 0 fully saturated rings. The van der Waals surface area contributed by atoms with Gasteiger partial charge >= 0.3 is 5.97 Å². The molecule has 0 saturated carbocycles. The zero-order valence-corrected chi connectivity index (χ0v) is 17.0. The normalized spacial score (nSPS) is 10.5. The molecule has 0 aliphatic carbocycles. The van der Waals surface area contributed by atoms with Crippen molar-refractivity contribution in [3.8, 4) is 5.75 Å². The van der Waals surface area contributed by atoms with E-state index in [2.05, 4.69) is 10.4 Å². The highest BCUT2D eigenvalue weighted by Gasteiger charge is 2.23. The van der Waals surface area contributed by atoms with Crippen molar-refractivity contribution in [1.82, 2.24) is 9.78 Å². The molecule has 3 aromatic rings. The molecule has 0 unspecified atom stereocenters. The Morgan fingerprint density at radius 3 is 2.47 bits per heavy atom. The van der Waals surface area contributed by atoms with Gasteiger partial charge in [0.2, 0.25) is 0 Å². The average molecular weight is 411 g/mol. The van der Waals surface area contributed by atoms with Crippen LogP contribution < -0.4 is 10.1 Å². The Balaban J connectivity index is 1.67. The maximum Gasteiger partial charge on any atom is 0.360 e. The minimum Gasteiger partial charge on any atom is -0.486 e. The number of nitrogens with one attached hydrogen (secondary N) is 1. The first kappa shape index (κ1) is 20.8. The summed E-state index contributed by atoms with van der Waals surface area (Å²) in [6, 6.07) is 9.85. The number of ketones is 1. The van der Waals surface area contributed by atoms with E-state index in [0.29, 0.717) is 22.8 Å². The molecule has 1 N–H and O–H groups in total. The maximum atomic E-state index is 12.6. The standard InChI is InChI=1S/C21H21N3O6/c1-12-18(19(21(27)28-4)23-24(12)3)22-20(26)17-10-9-16(30-17)11-29-15-7-5-14(6-8-15)13(2)25/h5-10H,11H2,1-4H3,(H,22,26). The van der Waals surface area contributed by atoms with Crippen molar-refractivity contribution in [1.29, 1.82) is 0 Å². The number of nitrogens with zero attached hydrogens (tertiary/aromatic N) is 2. The van der Waals surface area contributed by atoms with Crippen LogP contribution in [0.1, 0.15) is 49.8 Å². The summed E-state index contributed by atoms with van der Waals surface area (Å²) in [5.74, 6) is -0.156. The molecule has 0 aliphatic heterocycles. The van der Waals surface area contributed by atoms with Gasteiger partial charge in [-0.05, 0) is 50.2 Å². The van der Waals surface area contributed by atoms with Gasteiger partial charge in [0.15, 0.2) is 17.2 Å². The predicted octanol–water partition coefficient (Wildman–Crippen LogP) is 3.14. The molecule has 30 heavy (non-hydrogen) atoms. The number of esters is 1. The average Bonchev–Trinajstić information content (AvgIpc) is 3.32.